The average Bonchev–Trinajstić information content (AvgIpc) is 2.70. The van der Waals surface area contributed by atoms with Crippen LogP contribution in [0.1, 0.15) is 47.8 Å². The van der Waals surface area contributed by atoms with E-state index in [0.717, 1.165) is 12.1 Å². The lowest BCUT2D eigenvalue weighted by Crippen LogP contribution is -2.34. The number of halogens is 3. The van der Waals surface area contributed by atoms with E-state index in [9.17, 15) is 27.9 Å². The van der Waals surface area contributed by atoms with E-state index in [4.69, 9.17) is 9.47 Å². The van der Waals surface area contributed by atoms with Crippen LogP contribution >= 0.6 is 0 Å². The second-order valence-electron chi connectivity index (χ2n) is 8.17. The van der Waals surface area contributed by atoms with Gasteiger partial charge in [0.1, 0.15) is 5.75 Å². The number of nitrogens with one attached hydrogen (secondary N) is 1. The van der Waals surface area contributed by atoms with Gasteiger partial charge in [-0.3, -0.25) is 4.79 Å². The largest absolute Gasteiger partial charge is 0.496 e. The Balaban J connectivity index is 2.15. The molecular weight excluding hydrogens is 427 g/mol. The van der Waals surface area contributed by atoms with Gasteiger partial charge in [0.25, 0.3) is 5.91 Å². The maximum absolute atomic E-state index is 12.7. The zero-order valence-electron chi connectivity index (χ0n) is 18.2. The van der Waals surface area contributed by atoms with Gasteiger partial charge in [-0.25, -0.2) is 4.79 Å². The minimum absolute atomic E-state index is 0.00917. The molecule has 0 saturated carbocycles. The van der Waals surface area contributed by atoms with Crippen molar-refractivity contribution in [3.05, 3.63) is 64.7 Å². The highest BCUT2D eigenvalue weighted by Gasteiger charge is 2.30. The summed E-state index contributed by atoms with van der Waals surface area (Å²) in [6.45, 7) is 5.25. The van der Waals surface area contributed by atoms with Crippen LogP contribution in [-0.2, 0) is 28.7 Å². The molecule has 1 unspecified atom stereocenters. The number of methoxy groups -OCH3 is 1. The molecule has 1 amide bonds. The van der Waals surface area contributed by atoms with Gasteiger partial charge >= 0.3 is 12.1 Å². The quantitative estimate of drug-likeness (QED) is 0.617. The Morgan fingerprint density at radius 1 is 1.03 bits per heavy atom. The number of alkyl halides is 3. The van der Waals surface area contributed by atoms with E-state index in [0.29, 0.717) is 11.1 Å². The number of carboxylic acids is 1. The molecule has 32 heavy (non-hydrogen) atoms. The zero-order valence-corrected chi connectivity index (χ0v) is 18.2. The predicted octanol–water partition coefficient (Wildman–Crippen LogP) is 4.45. The maximum Gasteiger partial charge on any atom is 0.416 e. The fraction of sp³-hybridized carbons (Fsp3) is 0.391. The van der Waals surface area contributed by atoms with Crippen LogP contribution in [0.5, 0.6) is 5.75 Å². The molecule has 174 valence electrons. The van der Waals surface area contributed by atoms with Crippen LogP contribution < -0.4 is 10.1 Å². The summed E-state index contributed by atoms with van der Waals surface area (Å²) in [7, 11) is 1.39. The van der Waals surface area contributed by atoms with Crippen LogP contribution in [0.15, 0.2) is 42.5 Å². The minimum Gasteiger partial charge on any atom is -0.496 e. The van der Waals surface area contributed by atoms with Crippen molar-refractivity contribution in [2.24, 2.45) is 0 Å². The van der Waals surface area contributed by atoms with Crippen molar-refractivity contribution in [3.63, 3.8) is 0 Å². The molecule has 0 bridgehead atoms. The molecule has 0 aromatic heterocycles. The Kier molecular flexibility index (Phi) is 7.90. The molecule has 0 spiro atoms. The Hall–Kier alpha value is -3.07. The molecule has 0 fully saturated rings. The number of ether oxygens (including phenoxy) is 2. The smallest absolute Gasteiger partial charge is 0.416 e. The Morgan fingerprint density at radius 2 is 1.62 bits per heavy atom. The first-order valence-corrected chi connectivity index (χ1v) is 9.82. The monoisotopic (exact) mass is 453 g/mol. The number of carbonyl (C=O) groups is 2. The van der Waals surface area contributed by atoms with Crippen molar-refractivity contribution in [1.29, 1.82) is 0 Å². The fourth-order valence-electron chi connectivity index (χ4n) is 2.97. The van der Waals surface area contributed by atoms with Gasteiger partial charge in [0, 0.05) is 13.0 Å². The predicted molar refractivity (Wildman–Crippen MR) is 112 cm³/mol. The summed E-state index contributed by atoms with van der Waals surface area (Å²) in [6, 6.07) is 9.19. The van der Waals surface area contributed by atoms with E-state index in [1.54, 1.807) is 32.9 Å². The van der Waals surface area contributed by atoms with Crippen LogP contribution in [-0.4, -0.2) is 35.8 Å². The van der Waals surface area contributed by atoms with Crippen molar-refractivity contribution in [2.45, 2.75) is 51.6 Å². The molecule has 1 atom stereocenters. The number of carboxylic acid groups (broad SMARTS) is 1. The van der Waals surface area contributed by atoms with E-state index in [1.807, 2.05) is 0 Å². The van der Waals surface area contributed by atoms with E-state index in [1.165, 1.54) is 25.3 Å². The summed E-state index contributed by atoms with van der Waals surface area (Å²) >= 11 is 0. The number of hydrogen-bond donors (Lipinski definition) is 2. The van der Waals surface area contributed by atoms with Crippen molar-refractivity contribution < 1.29 is 37.3 Å². The van der Waals surface area contributed by atoms with Crippen molar-refractivity contribution in [2.75, 3.05) is 7.11 Å². The Morgan fingerprint density at radius 3 is 2.12 bits per heavy atom. The molecule has 2 aromatic rings. The SMILES string of the molecule is COc1ccc(CC(OC(C)(C)C)C(=O)O)cc1C(=O)NCc1ccc(C(F)(F)F)cc1. The lowest BCUT2D eigenvalue weighted by Gasteiger charge is -2.25. The highest BCUT2D eigenvalue weighted by molar-refractivity contribution is 5.97. The topological polar surface area (TPSA) is 84.9 Å². The summed E-state index contributed by atoms with van der Waals surface area (Å²) < 4.78 is 48.8. The Labute approximate surface area is 184 Å². The minimum atomic E-state index is -4.43. The summed E-state index contributed by atoms with van der Waals surface area (Å²) in [5.74, 6) is -1.35. The number of amides is 1. The molecule has 0 heterocycles. The van der Waals surface area contributed by atoms with Gasteiger partial charge in [-0.1, -0.05) is 18.2 Å². The molecule has 6 nitrogen and oxygen atoms in total. The molecule has 0 aliphatic heterocycles. The van der Waals surface area contributed by atoms with Gasteiger partial charge in [0.15, 0.2) is 6.10 Å². The zero-order chi connectivity index (χ0) is 24.1. The lowest BCUT2D eigenvalue weighted by atomic mass is 10.0. The summed E-state index contributed by atoms with van der Waals surface area (Å²) in [5.41, 5.74) is -0.213. The highest BCUT2D eigenvalue weighted by Crippen LogP contribution is 2.29. The van der Waals surface area contributed by atoms with Gasteiger partial charge in [-0.15, -0.1) is 0 Å². The molecule has 0 aliphatic rings. The average molecular weight is 453 g/mol. The lowest BCUT2D eigenvalue weighted by molar-refractivity contribution is -0.159. The van der Waals surface area contributed by atoms with Gasteiger partial charge in [0.05, 0.1) is 23.8 Å². The molecule has 2 aromatic carbocycles. The standard InChI is InChI=1S/C23H26F3NO5/c1-22(2,3)32-19(21(29)30)12-15-7-10-18(31-4)17(11-15)20(28)27-13-14-5-8-16(9-6-14)23(24,25)26/h5-11,19H,12-13H2,1-4H3,(H,27,28)(H,29,30). The molecule has 0 aliphatic carbocycles. The van der Waals surface area contributed by atoms with Crippen molar-refractivity contribution in [1.82, 2.24) is 5.32 Å². The third-order valence-corrected chi connectivity index (χ3v) is 4.44. The highest BCUT2D eigenvalue weighted by atomic mass is 19.4. The molecular formula is C23H26F3NO5. The van der Waals surface area contributed by atoms with Crippen molar-refractivity contribution >= 4 is 11.9 Å². The van der Waals surface area contributed by atoms with Crippen molar-refractivity contribution in [3.8, 4) is 5.75 Å². The second-order valence-corrected chi connectivity index (χ2v) is 8.17. The normalized spacial score (nSPS) is 12.8. The number of aliphatic carboxylic acids is 1. The molecule has 9 heteroatoms. The Bertz CT molecular complexity index is 950. The first-order valence-electron chi connectivity index (χ1n) is 9.82. The third kappa shape index (κ3) is 7.26. The molecule has 2 rings (SSSR count). The molecule has 0 saturated heterocycles. The van der Waals surface area contributed by atoms with E-state index in [-0.39, 0.29) is 24.3 Å². The van der Waals surface area contributed by atoms with Crippen LogP contribution in [0.4, 0.5) is 13.2 Å². The third-order valence-electron chi connectivity index (χ3n) is 4.44. The van der Waals surface area contributed by atoms with Gasteiger partial charge < -0.3 is 19.9 Å². The summed E-state index contributed by atoms with van der Waals surface area (Å²) in [4.78, 5) is 24.3. The van der Waals surface area contributed by atoms with Crippen LogP contribution in [0.3, 0.4) is 0 Å². The maximum atomic E-state index is 12.7. The number of hydrogen-bond acceptors (Lipinski definition) is 4. The van der Waals surface area contributed by atoms with Crippen LogP contribution in [0, 0.1) is 0 Å². The summed E-state index contributed by atoms with van der Waals surface area (Å²) in [6.07, 6.45) is -5.50. The number of carbonyl (C=O) groups excluding carboxylic acids is 1. The fourth-order valence-corrected chi connectivity index (χ4v) is 2.97. The van der Waals surface area contributed by atoms with Crippen LogP contribution in [0.25, 0.3) is 0 Å². The van der Waals surface area contributed by atoms with Gasteiger partial charge in [0.2, 0.25) is 0 Å². The second kappa shape index (κ2) is 10.0. The van der Waals surface area contributed by atoms with Gasteiger partial charge in [-0.05, 0) is 56.2 Å². The summed E-state index contributed by atoms with van der Waals surface area (Å²) in [5, 5.41) is 12.1. The first kappa shape index (κ1) is 25.2. The number of benzene rings is 2. The van der Waals surface area contributed by atoms with E-state index >= 15 is 0 Å². The molecule has 2 N–H and O–H groups in total. The first-order chi connectivity index (χ1) is 14.8. The van der Waals surface area contributed by atoms with E-state index < -0.39 is 35.3 Å². The molecule has 0 radical (unpaired) electrons. The van der Waals surface area contributed by atoms with E-state index in [2.05, 4.69) is 5.32 Å². The van der Waals surface area contributed by atoms with Gasteiger partial charge in [-0.2, -0.15) is 13.2 Å². The number of rotatable bonds is 8. The van der Waals surface area contributed by atoms with Crippen LogP contribution in [0.2, 0.25) is 0 Å².